The summed E-state index contributed by atoms with van der Waals surface area (Å²) in [6.07, 6.45) is 5.99. The van der Waals surface area contributed by atoms with Crippen LogP contribution in [-0.4, -0.2) is 22.8 Å². The molecule has 0 saturated heterocycles. The summed E-state index contributed by atoms with van der Waals surface area (Å²) >= 11 is 0. The van der Waals surface area contributed by atoms with Crippen LogP contribution in [0.15, 0.2) is 12.5 Å². The van der Waals surface area contributed by atoms with Crippen LogP contribution >= 0.6 is 0 Å². The standard InChI is InChI=1S/C13H25N3O/c1-4-5-7-17-8-6-16-10-15-9-12(16)13(14)11(2)3/h9-11,13H,4-8,14H2,1-3H3. The third-order valence-electron chi connectivity index (χ3n) is 2.92. The summed E-state index contributed by atoms with van der Waals surface area (Å²) in [6, 6.07) is 0.0492. The lowest BCUT2D eigenvalue weighted by molar-refractivity contribution is 0.122. The summed E-state index contributed by atoms with van der Waals surface area (Å²) in [4.78, 5) is 4.17. The minimum Gasteiger partial charge on any atom is -0.380 e. The summed E-state index contributed by atoms with van der Waals surface area (Å²) < 4.78 is 7.65. The molecule has 0 aliphatic rings. The maximum atomic E-state index is 6.13. The second kappa shape index (κ2) is 7.45. The Morgan fingerprint density at radius 1 is 1.41 bits per heavy atom. The van der Waals surface area contributed by atoms with E-state index in [2.05, 4.69) is 30.3 Å². The van der Waals surface area contributed by atoms with Crippen molar-refractivity contribution in [2.24, 2.45) is 11.7 Å². The Morgan fingerprint density at radius 3 is 2.82 bits per heavy atom. The van der Waals surface area contributed by atoms with E-state index in [1.54, 1.807) is 0 Å². The van der Waals surface area contributed by atoms with Gasteiger partial charge < -0.3 is 15.0 Å². The molecule has 0 spiro atoms. The van der Waals surface area contributed by atoms with Crippen LogP contribution in [0.4, 0.5) is 0 Å². The van der Waals surface area contributed by atoms with Crippen molar-refractivity contribution in [2.45, 2.75) is 46.2 Å². The van der Waals surface area contributed by atoms with Gasteiger partial charge in [-0.3, -0.25) is 0 Å². The SMILES string of the molecule is CCCCOCCn1cncc1C(N)C(C)C. The minimum atomic E-state index is 0.0492. The highest BCUT2D eigenvalue weighted by Crippen LogP contribution is 2.18. The molecule has 0 radical (unpaired) electrons. The molecule has 0 fully saturated rings. The van der Waals surface area contributed by atoms with Gasteiger partial charge >= 0.3 is 0 Å². The summed E-state index contributed by atoms with van der Waals surface area (Å²) in [6.45, 7) is 8.82. The van der Waals surface area contributed by atoms with Crippen molar-refractivity contribution in [3.8, 4) is 0 Å². The van der Waals surface area contributed by atoms with Crippen LogP contribution in [0.3, 0.4) is 0 Å². The third kappa shape index (κ3) is 4.48. The van der Waals surface area contributed by atoms with Crippen LogP contribution in [0.25, 0.3) is 0 Å². The van der Waals surface area contributed by atoms with Gasteiger partial charge in [-0.25, -0.2) is 4.98 Å². The van der Waals surface area contributed by atoms with E-state index in [9.17, 15) is 0 Å². The Morgan fingerprint density at radius 2 is 2.18 bits per heavy atom. The molecule has 17 heavy (non-hydrogen) atoms. The number of ether oxygens (including phenoxy) is 1. The zero-order valence-electron chi connectivity index (χ0n) is 11.2. The molecule has 4 heteroatoms. The summed E-state index contributed by atoms with van der Waals surface area (Å²) in [5.74, 6) is 0.423. The van der Waals surface area contributed by atoms with Crippen LogP contribution in [0, 0.1) is 5.92 Å². The molecule has 1 heterocycles. The second-order valence-electron chi connectivity index (χ2n) is 4.75. The molecule has 0 aromatic carbocycles. The molecule has 2 N–H and O–H groups in total. The Hall–Kier alpha value is -0.870. The predicted molar refractivity (Wildman–Crippen MR) is 69.7 cm³/mol. The summed E-state index contributed by atoms with van der Waals surface area (Å²) in [7, 11) is 0. The van der Waals surface area contributed by atoms with Gasteiger partial charge in [0.05, 0.1) is 18.6 Å². The van der Waals surface area contributed by atoms with Gasteiger partial charge in [-0.1, -0.05) is 27.2 Å². The van der Waals surface area contributed by atoms with Gasteiger partial charge in [0.2, 0.25) is 0 Å². The fourth-order valence-corrected chi connectivity index (χ4v) is 1.65. The highest BCUT2D eigenvalue weighted by Gasteiger charge is 2.14. The van der Waals surface area contributed by atoms with E-state index >= 15 is 0 Å². The number of hydrogen-bond acceptors (Lipinski definition) is 3. The van der Waals surface area contributed by atoms with Gasteiger partial charge in [-0.05, 0) is 12.3 Å². The van der Waals surface area contributed by atoms with Crippen molar-refractivity contribution in [3.05, 3.63) is 18.2 Å². The number of rotatable bonds is 8. The molecular weight excluding hydrogens is 214 g/mol. The molecule has 4 nitrogen and oxygen atoms in total. The first-order valence-electron chi connectivity index (χ1n) is 6.50. The quantitative estimate of drug-likeness (QED) is 0.708. The number of nitrogens with zero attached hydrogens (tertiary/aromatic N) is 2. The zero-order valence-corrected chi connectivity index (χ0v) is 11.2. The molecule has 1 atom stereocenters. The van der Waals surface area contributed by atoms with Gasteiger partial charge in [-0.15, -0.1) is 0 Å². The maximum Gasteiger partial charge on any atom is 0.0949 e. The van der Waals surface area contributed by atoms with Crippen LogP contribution in [0.1, 0.15) is 45.3 Å². The molecule has 1 aromatic heterocycles. The van der Waals surface area contributed by atoms with E-state index in [0.717, 1.165) is 31.9 Å². The normalized spacial score (nSPS) is 13.2. The van der Waals surface area contributed by atoms with Crippen molar-refractivity contribution >= 4 is 0 Å². The Kier molecular flexibility index (Phi) is 6.22. The van der Waals surface area contributed by atoms with Crippen molar-refractivity contribution in [1.82, 2.24) is 9.55 Å². The van der Waals surface area contributed by atoms with E-state index in [1.807, 2.05) is 12.5 Å². The molecule has 0 amide bonds. The average Bonchev–Trinajstić information content (AvgIpc) is 2.76. The van der Waals surface area contributed by atoms with E-state index < -0.39 is 0 Å². The van der Waals surface area contributed by atoms with Gasteiger partial charge in [0, 0.05) is 25.4 Å². The fourth-order valence-electron chi connectivity index (χ4n) is 1.65. The number of unbranched alkanes of at least 4 members (excludes halogenated alkanes) is 1. The topological polar surface area (TPSA) is 53.1 Å². The summed E-state index contributed by atoms with van der Waals surface area (Å²) in [5.41, 5.74) is 7.23. The van der Waals surface area contributed by atoms with Gasteiger partial charge in [-0.2, -0.15) is 0 Å². The molecule has 1 rings (SSSR count). The van der Waals surface area contributed by atoms with Crippen molar-refractivity contribution in [3.63, 3.8) is 0 Å². The van der Waals surface area contributed by atoms with Crippen molar-refractivity contribution in [1.29, 1.82) is 0 Å². The van der Waals surface area contributed by atoms with Crippen molar-refractivity contribution < 1.29 is 4.74 Å². The van der Waals surface area contributed by atoms with Crippen LogP contribution < -0.4 is 5.73 Å². The summed E-state index contributed by atoms with van der Waals surface area (Å²) in [5, 5.41) is 0. The van der Waals surface area contributed by atoms with Gasteiger partial charge in [0.1, 0.15) is 0 Å². The maximum absolute atomic E-state index is 6.13. The monoisotopic (exact) mass is 239 g/mol. The van der Waals surface area contributed by atoms with Gasteiger partial charge in [0.25, 0.3) is 0 Å². The van der Waals surface area contributed by atoms with Crippen molar-refractivity contribution in [2.75, 3.05) is 13.2 Å². The van der Waals surface area contributed by atoms with E-state index in [1.165, 1.54) is 6.42 Å². The molecule has 98 valence electrons. The van der Waals surface area contributed by atoms with Crippen LogP contribution in [-0.2, 0) is 11.3 Å². The Bertz CT molecular complexity index is 309. The smallest absolute Gasteiger partial charge is 0.0949 e. The molecule has 1 unspecified atom stereocenters. The van der Waals surface area contributed by atoms with Gasteiger partial charge in [0.15, 0.2) is 0 Å². The highest BCUT2D eigenvalue weighted by molar-refractivity contribution is 5.05. The first kappa shape index (κ1) is 14.2. The van der Waals surface area contributed by atoms with Crippen LogP contribution in [0.5, 0.6) is 0 Å². The second-order valence-corrected chi connectivity index (χ2v) is 4.75. The molecule has 0 bridgehead atoms. The van der Waals surface area contributed by atoms with Crippen LogP contribution in [0.2, 0.25) is 0 Å². The Labute approximate surface area is 104 Å². The molecule has 0 aliphatic carbocycles. The number of hydrogen-bond donors (Lipinski definition) is 1. The minimum absolute atomic E-state index is 0.0492. The number of nitrogens with two attached hydrogens (primary N) is 1. The molecule has 1 aromatic rings. The predicted octanol–water partition coefficient (Wildman–Crippen LogP) is 2.36. The van der Waals surface area contributed by atoms with E-state index in [0.29, 0.717) is 5.92 Å². The molecular formula is C13H25N3O. The fraction of sp³-hybridized carbons (Fsp3) is 0.769. The lowest BCUT2D eigenvalue weighted by Crippen LogP contribution is -2.21. The van der Waals surface area contributed by atoms with E-state index in [-0.39, 0.29) is 6.04 Å². The average molecular weight is 239 g/mol. The third-order valence-corrected chi connectivity index (χ3v) is 2.92. The Balaban J connectivity index is 2.41. The largest absolute Gasteiger partial charge is 0.380 e. The first-order valence-corrected chi connectivity index (χ1v) is 6.50. The lowest BCUT2D eigenvalue weighted by Gasteiger charge is -2.17. The highest BCUT2D eigenvalue weighted by atomic mass is 16.5. The van der Waals surface area contributed by atoms with E-state index in [4.69, 9.17) is 10.5 Å². The molecule has 0 saturated carbocycles. The first-order chi connectivity index (χ1) is 8.16. The molecule has 0 aliphatic heterocycles. The lowest BCUT2D eigenvalue weighted by atomic mass is 10.0. The number of aromatic nitrogens is 2. The zero-order chi connectivity index (χ0) is 12.7. The number of imidazole rings is 1.